The molecule has 1 aromatic rings. The molecule has 2 nitrogen and oxygen atoms in total. The Balaban J connectivity index is 2.75. The topological polar surface area (TPSA) is 30.0 Å². The van der Waals surface area contributed by atoms with E-state index < -0.39 is 0 Å². The molecule has 0 saturated heterocycles. The van der Waals surface area contributed by atoms with E-state index in [2.05, 4.69) is 4.98 Å². The van der Waals surface area contributed by atoms with E-state index in [1.165, 1.54) is 0 Å². The molecule has 0 fully saturated rings. The maximum Gasteiger partial charge on any atom is 0.141 e. The second-order valence-corrected chi connectivity index (χ2v) is 3.64. The molecule has 0 spiro atoms. The number of hydrogen-bond acceptors (Lipinski definition) is 2. The number of hydrogen-bond donors (Lipinski definition) is 0. The number of halogens is 1. The molecule has 3 heteroatoms. The maximum absolute atomic E-state index is 11.4. The van der Waals surface area contributed by atoms with Gasteiger partial charge in [0.15, 0.2) is 0 Å². The highest BCUT2D eigenvalue weighted by Gasteiger charge is 2.10. The molecule has 0 bridgehead atoms. The molecule has 0 atom stereocenters. The number of carbonyl (C=O) groups is 1. The summed E-state index contributed by atoms with van der Waals surface area (Å²) in [5.41, 5.74) is 0.669. The van der Waals surface area contributed by atoms with Gasteiger partial charge in [0, 0.05) is 12.1 Å². The second-order valence-electron chi connectivity index (χ2n) is 3.23. The lowest BCUT2D eigenvalue weighted by molar-refractivity contribution is -0.121. The van der Waals surface area contributed by atoms with Crippen LogP contribution in [0.15, 0.2) is 18.3 Å². The summed E-state index contributed by atoms with van der Waals surface area (Å²) in [6, 6.07) is 3.50. The van der Waals surface area contributed by atoms with Gasteiger partial charge in [-0.1, -0.05) is 25.4 Å². The van der Waals surface area contributed by atoms with Gasteiger partial charge in [0.1, 0.15) is 5.78 Å². The van der Waals surface area contributed by atoms with Crippen molar-refractivity contribution in [3.05, 3.63) is 29.0 Å². The number of aromatic nitrogens is 1. The number of rotatable bonds is 3. The van der Waals surface area contributed by atoms with Crippen molar-refractivity contribution in [1.82, 2.24) is 4.98 Å². The Hall–Kier alpha value is -0.890. The van der Waals surface area contributed by atoms with Gasteiger partial charge >= 0.3 is 0 Å². The molecule has 0 aliphatic rings. The normalized spacial score (nSPS) is 10.5. The van der Waals surface area contributed by atoms with Crippen molar-refractivity contribution in [2.45, 2.75) is 20.3 Å². The minimum atomic E-state index is 0.0399. The lowest BCUT2D eigenvalue weighted by Gasteiger charge is -2.04. The predicted octanol–water partition coefficient (Wildman–Crippen LogP) is 2.50. The lowest BCUT2D eigenvalue weighted by Crippen LogP contribution is -2.11. The van der Waals surface area contributed by atoms with Crippen molar-refractivity contribution in [3.8, 4) is 0 Å². The first kappa shape index (κ1) is 10.2. The molecule has 1 rings (SSSR count). The zero-order valence-corrected chi connectivity index (χ0v) is 8.51. The van der Waals surface area contributed by atoms with Crippen LogP contribution in [-0.4, -0.2) is 10.8 Å². The maximum atomic E-state index is 11.4. The molecular weight excluding hydrogens is 186 g/mol. The molecule has 13 heavy (non-hydrogen) atoms. The minimum absolute atomic E-state index is 0.0399. The molecule has 0 aliphatic carbocycles. The smallest absolute Gasteiger partial charge is 0.141 e. The molecule has 0 amide bonds. The largest absolute Gasteiger partial charge is 0.299 e. The molecule has 0 aliphatic heterocycles. The number of Topliss-reactive ketones (excluding diaryl/α,β-unsaturated/α-hetero) is 1. The van der Waals surface area contributed by atoms with E-state index in [0.29, 0.717) is 17.1 Å². The number of ketones is 1. The Morgan fingerprint density at radius 3 is 2.85 bits per heavy atom. The first-order chi connectivity index (χ1) is 6.11. The third-order valence-electron chi connectivity index (χ3n) is 1.82. The molecular formula is C10H12ClNO. The summed E-state index contributed by atoms with van der Waals surface area (Å²) in [6.07, 6.45) is 1.98. The van der Waals surface area contributed by atoms with E-state index in [0.717, 1.165) is 0 Å². The Bertz CT molecular complexity index is 310. The van der Waals surface area contributed by atoms with Crippen molar-refractivity contribution in [2.75, 3.05) is 0 Å². The first-order valence-corrected chi connectivity index (χ1v) is 4.61. The van der Waals surface area contributed by atoms with E-state index in [4.69, 9.17) is 11.6 Å². The Morgan fingerprint density at radius 2 is 2.31 bits per heavy atom. The molecule has 0 unspecified atom stereocenters. The highest BCUT2D eigenvalue weighted by Crippen LogP contribution is 2.14. The van der Waals surface area contributed by atoms with Gasteiger partial charge in [-0.25, -0.2) is 0 Å². The van der Waals surface area contributed by atoms with Gasteiger partial charge in [0.05, 0.1) is 17.1 Å². The van der Waals surface area contributed by atoms with Crippen molar-refractivity contribution in [1.29, 1.82) is 0 Å². The summed E-state index contributed by atoms with van der Waals surface area (Å²) in [4.78, 5) is 15.4. The zero-order valence-electron chi connectivity index (χ0n) is 7.75. The van der Waals surface area contributed by atoms with Crippen LogP contribution in [0.3, 0.4) is 0 Å². The molecule has 0 saturated carbocycles. The second kappa shape index (κ2) is 4.38. The SMILES string of the molecule is CC(C)C(=O)Cc1ncccc1Cl. The summed E-state index contributed by atoms with van der Waals surface area (Å²) in [5.74, 6) is 0.207. The standard InChI is InChI=1S/C10H12ClNO/c1-7(2)10(13)6-9-8(11)4-3-5-12-9/h3-5,7H,6H2,1-2H3. The van der Waals surface area contributed by atoms with Gasteiger partial charge in [-0.15, -0.1) is 0 Å². The highest BCUT2D eigenvalue weighted by molar-refractivity contribution is 6.31. The third-order valence-corrected chi connectivity index (χ3v) is 2.16. The van der Waals surface area contributed by atoms with Crippen LogP contribution in [0.1, 0.15) is 19.5 Å². The lowest BCUT2D eigenvalue weighted by atomic mass is 10.0. The van der Waals surface area contributed by atoms with Gasteiger partial charge in [-0.3, -0.25) is 9.78 Å². The Labute approximate surface area is 82.9 Å². The van der Waals surface area contributed by atoms with Gasteiger partial charge < -0.3 is 0 Å². The minimum Gasteiger partial charge on any atom is -0.299 e. The Morgan fingerprint density at radius 1 is 1.62 bits per heavy atom. The van der Waals surface area contributed by atoms with E-state index >= 15 is 0 Å². The van der Waals surface area contributed by atoms with Crippen LogP contribution in [0.25, 0.3) is 0 Å². The van der Waals surface area contributed by atoms with Crippen LogP contribution in [0.4, 0.5) is 0 Å². The summed E-state index contributed by atoms with van der Waals surface area (Å²) < 4.78 is 0. The fourth-order valence-corrected chi connectivity index (χ4v) is 1.11. The van der Waals surface area contributed by atoms with Gasteiger partial charge in [0.2, 0.25) is 0 Å². The third kappa shape index (κ3) is 2.81. The van der Waals surface area contributed by atoms with Crippen LogP contribution in [0, 0.1) is 5.92 Å². The van der Waals surface area contributed by atoms with Crippen LogP contribution in [0.2, 0.25) is 5.02 Å². The van der Waals surface area contributed by atoms with Crippen molar-refractivity contribution in [3.63, 3.8) is 0 Å². The van der Waals surface area contributed by atoms with Crippen LogP contribution in [0.5, 0.6) is 0 Å². The Kier molecular flexibility index (Phi) is 3.43. The van der Waals surface area contributed by atoms with Crippen LogP contribution >= 0.6 is 11.6 Å². The molecule has 0 radical (unpaired) electrons. The van der Waals surface area contributed by atoms with E-state index in [-0.39, 0.29) is 11.7 Å². The van der Waals surface area contributed by atoms with Gasteiger partial charge in [0.25, 0.3) is 0 Å². The van der Waals surface area contributed by atoms with Gasteiger partial charge in [-0.05, 0) is 12.1 Å². The average Bonchev–Trinajstić information content (AvgIpc) is 2.08. The van der Waals surface area contributed by atoms with E-state index in [1.807, 2.05) is 13.8 Å². The monoisotopic (exact) mass is 197 g/mol. The molecule has 1 aromatic heterocycles. The van der Waals surface area contributed by atoms with Gasteiger partial charge in [-0.2, -0.15) is 0 Å². The fraction of sp³-hybridized carbons (Fsp3) is 0.400. The fourth-order valence-electron chi connectivity index (χ4n) is 0.918. The summed E-state index contributed by atoms with van der Waals surface area (Å²) >= 11 is 5.86. The number of nitrogens with zero attached hydrogens (tertiary/aromatic N) is 1. The van der Waals surface area contributed by atoms with Crippen molar-refractivity contribution >= 4 is 17.4 Å². The van der Waals surface area contributed by atoms with E-state index in [1.54, 1.807) is 18.3 Å². The molecule has 0 aromatic carbocycles. The summed E-state index contributed by atoms with van der Waals surface area (Å²) in [6.45, 7) is 3.75. The quantitative estimate of drug-likeness (QED) is 0.746. The summed E-state index contributed by atoms with van der Waals surface area (Å²) in [7, 11) is 0. The van der Waals surface area contributed by atoms with Crippen molar-refractivity contribution < 1.29 is 4.79 Å². The average molecular weight is 198 g/mol. The molecule has 0 N–H and O–H groups in total. The number of pyridine rings is 1. The van der Waals surface area contributed by atoms with Crippen LogP contribution < -0.4 is 0 Å². The predicted molar refractivity (Wildman–Crippen MR) is 52.8 cm³/mol. The van der Waals surface area contributed by atoms with E-state index in [9.17, 15) is 4.79 Å². The number of carbonyl (C=O) groups excluding carboxylic acids is 1. The molecule has 1 heterocycles. The highest BCUT2D eigenvalue weighted by atomic mass is 35.5. The first-order valence-electron chi connectivity index (χ1n) is 4.23. The molecule has 70 valence electrons. The summed E-state index contributed by atoms with van der Waals surface area (Å²) in [5, 5.41) is 0.566. The van der Waals surface area contributed by atoms with Crippen LogP contribution in [-0.2, 0) is 11.2 Å². The van der Waals surface area contributed by atoms with Crippen molar-refractivity contribution in [2.24, 2.45) is 5.92 Å². The zero-order chi connectivity index (χ0) is 9.84.